The van der Waals surface area contributed by atoms with E-state index in [0.717, 1.165) is 16.5 Å². The number of nitrogens with zero attached hydrogens (tertiary/aromatic N) is 2. The molecule has 2 aliphatic rings. The zero-order valence-electron chi connectivity index (χ0n) is 26.3. The molecule has 0 aliphatic carbocycles. The molecule has 238 valence electrons. The molecule has 0 radical (unpaired) electrons. The number of benzene rings is 1. The smallest absolute Gasteiger partial charge is 0.306 e. The summed E-state index contributed by atoms with van der Waals surface area (Å²) >= 11 is 0. The van der Waals surface area contributed by atoms with E-state index in [9.17, 15) is 24.3 Å². The van der Waals surface area contributed by atoms with Gasteiger partial charge in [0.2, 0.25) is 5.91 Å². The minimum absolute atomic E-state index is 0.0364. The maximum Gasteiger partial charge on any atom is 0.306 e. The number of ether oxygens (including phenoxy) is 1. The van der Waals surface area contributed by atoms with Gasteiger partial charge in [-0.25, -0.2) is 5.43 Å². The van der Waals surface area contributed by atoms with Crippen LogP contribution < -0.4 is 16.1 Å². The van der Waals surface area contributed by atoms with Gasteiger partial charge >= 0.3 is 5.97 Å². The molecule has 3 amide bonds. The quantitative estimate of drug-likeness (QED) is 0.361. The van der Waals surface area contributed by atoms with Crippen LogP contribution in [0.25, 0.3) is 17.0 Å². The summed E-state index contributed by atoms with van der Waals surface area (Å²) in [7, 11) is 0. The molecule has 0 saturated carbocycles. The molecule has 4 rings (SSSR count). The molecular formula is C33H45N5O6. The molecule has 1 aromatic heterocycles. The summed E-state index contributed by atoms with van der Waals surface area (Å²) in [5.74, 6) is -2.18. The van der Waals surface area contributed by atoms with E-state index in [4.69, 9.17) is 9.72 Å². The average molecular weight is 608 g/mol. The first-order chi connectivity index (χ1) is 20.9. The van der Waals surface area contributed by atoms with Crippen molar-refractivity contribution in [2.45, 2.75) is 103 Å². The van der Waals surface area contributed by atoms with E-state index in [1.807, 2.05) is 49.4 Å². The summed E-state index contributed by atoms with van der Waals surface area (Å²) in [5, 5.41) is 18.5. The number of esters is 1. The molecule has 4 N–H and O–H groups in total. The average Bonchev–Trinajstić information content (AvgIpc) is 2.99. The second kappa shape index (κ2) is 14.3. The van der Waals surface area contributed by atoms with Crippen LogP contribution in [0, 0.1) is 5.92 Å². The number of nitrogens with one attached hydrogen (secondary N) is 3. The van der Waals surface area contributed by atoms with Gasteiger partial charge in [-0.3, -0.25) is 29.2 Å². The number of aliphatic hydroxyl groups is 1. The Balaban J connectivity index is 1.59. The van der Waals surface area contributed by atoms with Crippen molar-refractivity contribution in [3.05, 3.63) is 47.7 Å². The van der Waals surface area contributed by atoms with Crippen LogP contribution in [0.2, 0.25) is 0 Å². The van der Waals surface area contributed by atoms with Gasteiger partial charge in [-0.1, -0.05) is 44.2 Å². The molecule has 0 spiro atoms. The Bertz CT molecular complexity index is 1410. The van der Waals surface area contributed by atoms with Crippen molar-refractivity contribution in [2.24, 2.45) is 5.92 Å². The van der Waals surface area contributed by atoms with Gasteiger partial charge in [-0.15, -0.1) is 0 Å². The lowest BCUT2D eigenvalue weighted by molar-refractivity contribution is -0.160. The standard InChI is InChI=1S/C33H45N5O6/c1-20(2)29-30(41)34-22(4)31(42)38-18-8-17-33(5,37-38)32(43)35-21(3)26-15-13-24-12-11-23(19-27(24)36-26)9-6-7-10-25(39)14-16-28(40)44-29/h6,9,11-13,15,19-22,25,29,37,39H,7-8,10,14,16-18H2,1-5H3,(H,34,41)(H,35,43)/b9-6+/t21-,22+,25?,29+,33?/m1/s1. The first-order valence-corrected chi connectivity index (χ1v) is 15.5. The molecule has 1 saturated heterocycles. The fourth-order valence-corrected chi connectivity index (χ4v) is 5.48. The fraction of sp³-hybridized carbons (Fsp3) is 0.545. The first kappa shape index (κ1) is 33.1. The summed E-state index contributed by atoms with van der Waals surface area (Å²) in [5.41, 5.74) is 4.49. The van der Waals surface area contributed by atoms with Crippen molar-refractivity contribution in [1.82, 2.24) is 26.1 Å². The summed E-state index contributed by atoms with van der Waals surface area (Å²) in [6, 6.07) is 8.51. The molecule has 1 aromatic carbocycles. The number of rotatable bonds is 1. The highest BCUT2D eigenvalue weighted by molar-refractivity contribution is 5.91. The molecule has 1 fully saturated rings. The van der Waals surface area contributed by atoms with Crippen molar-refractivity contribution in [3.8, 4) is 0 Å². The van der Waals surface area contributed by atoms with E-state index in [2.05, 4.69) is 16.1 Å². The number of pyridine rings is 1. The highest BCUT2D eigenvalue weighted by Gasteiger charge is 2.41. The first-order valence-electron chi connectivity index (χ1n) is 15.5. The molecule has 3 heterocycles. The van der Waals surface area contributed by atoms with Crippen LogP contribution in [0.3, 0.4) is 0 Å². The fourth-order valence-electron chi connectivity index (χ4n) is 5.48. The van der Waals surface area contributed by atoms with Crippen LogP contribution in [0.15, 0.2) is 36.4 Å². The van der Waals surface area contributed by atoms with E-state index in [1.54, 1.807) is 27.7 Å². The van der Waals surface area contributed by atoms with Crippen molar-refractivity contribution >= 4 is 40.7 Å². The molecule has 5 atom stereocenters. The number of hydrogen-bond donors (Lipinski definition) is 4. The predicted molar refractivity (Wildman–Crippen MR) is 167 cm³/mol. The van der Waals surface area contributed by atoms with Crippen molar-refractivity contribution in [3.63, 3.8) is 0 Å². The zero-order chi connectivity index (χ0) is 32.0. The van der Waals surface area contributed by atoms with E-state index >= 15 is 0 Å². The van der Waals surface area contributed by atoms with Gasteiger partial charge < -0.3 is 20.5 Å². The summed E-state index contributed by atoms with van der Waals surface area (Å²) in [6.07, 6.45) is 4.49. The number of aliphatic hydroxyl groups excluding tert-OH is 1. The molecular weight excluding hydrogens is 562 g/mol. The predicted octanol–water partition coefficient (Wildman–Crippen LogP) is 3.32. The molecule has 2 unspecified atom stereocenters. The van der Waals surface area contributed by atoms with Gasteiger partial charge in [0.15, 0.2) is 6.10 Å². The molecule has 11 nitrogen and oxygen atoms in total. The van der Waals surface area contributed by atoms with E-state index in [1.165, 1.54) is 5.01 Å². The number of hydrazine groups is 1. The monoisotopic (exact) mass is 607 g/mol. The topological polar surface area (TPSA) is 150 Å². The maximum atomic E-state index is 13.5. The number of aromatic nitrogens is 1. The van der Waals surface area contributed by atoms with Gasteiger partial charge in [-0.2, -0.15) is 0 Å². The van der Waals surface area contributed by atoms with Crippen molar-refractivity contribution in [2.75, 3.05) is 6.54 Å². The lowest BCUT2D eigenvalue weighted by Gasteiger charge is -2.41. The third-order valence-electron chi connectivity index (χ3n) is 8.25. The second-order valence-corrected chi connectivity index (χ2v) is 12.5. The zero-order valence-corrected chi connectivity index (χ0v) is 26.3. The summed E-state index contributed by atoms with van der Waals surface area (Å²) < 4.78 is 5.49. The second-order valence-electron chi connectivity index (χ2n) is 12.5. The number of carbonyl (C=O) groups is 4. The minimum atomic E-state index is -1.09. The number of cyclic esters (lactones) is 1. The van der Waals surface area contributed by atoms with Gasteiger partial charge in [0, 0.05) is 18.4 Å². The highest BCUT2D eigenvalue weighted by atomic mass is 16.5. The Morgan fingerprint density at radius 1 is 1.05 bits per heavy atom. The third kappa shape index (κ3) is 8.21. The van der Waals surface area contributed by atoms with E-state index in [-0.39, 0.29) is 30.7 Å². The Morgan fingerprint density at radius 3 is 2.55 bits per heavy atom. The van der Waals surface area contributed by atoms with Crippen molar-refractivity contribution < 1.29 is 29.0 Å². The van der Waals surface area contributed by atoms with Gasteiger partial charge in [-0.05, 0) is 76.5 Å². The molecule has 5 bridgehead atoms. The Hall–Kier alpha value is -3.83. The van der Waals surface area contributed by atoms with E-state index in [0.29, 0.717) is 37.9 Å². The van der Waals surface area contributed by atoms with Crippen LogP contribution in [0.4, 0.5) is 0 Å². The Morgan fingerprint density at radius 2 is 1.80 bits per heavy atom. The number of carbonyl (C=O) groups excluding carboxylic acids is 4. The molecule has 2 aliphatic heterocycles. The molecule has 2 aromatic rings. The molecule has 11 heteroatoms. The van der Waals surface area contributed by atoms with Crippen LogP contribution in [-0.2, 0) is 23.9 Å². The number of allylic oxidation sites excluding steroid dienone is 1. The van der Waals surface area contributed by atoms with Crippen LogP contribution in [0.5, 0.6) is 0 Å². The Kier molecular flexibility index (Phi) is 10.7. The highest BCUT2D eigenvalue weighted by Crippen LogP contribution is 2.23. The van der Waals surface area contributed by atoms with Crippen LogP contribution >= 0.6 is 0 Å². The van der Waals surface area contributed by atoms with Gasteiger partial charge in [0.1, 0.15) is 11.6 Å². The SMILES string of the molecule is CC(C)[C@@H]1OC(=O)CCC(O)CC/C=C/c2ccc3ccc(nc3c2)[C@@H](C)NC(=O)C2(C)CCCN(N2)C(=O)[C@H](C)NC1=O. The normalized spacial score (nSPS) is 29.1. The van der Waals surface area contributed by atoms with Gasteiger partial charge in [0.05, 0.1) is 23.4 Å². The summed E-state index contributed by atoms with van der Waals surface area (Å²) in [6.45, 7) is 9.06. The van der Waals surface area contributed by atoms with Crippen LogP contribution in [0.1, 0.15) is 90.4 Å². The number of hydrogen-bond acceptors (Lipinski definition) is 8. The lowest BCUT2D eigenvalue weighted by atomic mass is 9.92. The van der Waals surface area contributed by atoms with E-state index < -0.39 is 41.6 Å². The number of amides is 3. The maximum absolute atomic E-state index is 13.5. The van der Waals surface area contributed by atoms with Gasteiger partial charge in [0.25, 0.3) is 11.8 Å². The third-order valence-corrected chi connectivity index (χ3v) is 8.25. The van der Waals surface area contributed by atoms with Crippen LogP contribution in [-0.4, -0.2) is 69.1 Å². The minimum Gasteiger partial charge on any atom is -0.452 e. The largest absolute Gasteiger partial charge is 0.452 e. The molecule has 44 heavy (non-hydrogen) atoms. The van der Waals surface area contributed by atoms with Crippen molar-refractivity contribution in [1.29, 1.82) is 0 Å². The summed E-state index contributed by atoms with van der Waals surface area (Å²) in [4.78, 5) is 57.4. The lowest BCUT2D eigenvalue weighted by Crippen LogP contribution is -2.67. The Labute approximate surface area is 258 Å². The number of fused-ring (bicyclic) bond motifs is 4.